The Morgan fingerprint density at radius 3 is 2.61 bits per heavy atom. The second kappa shape index (κ2) is 8.67. The Bertz CT molecular complexity index is 537. The SMILES string of the molecule is CCOC(=O)C1CC[NH+](CC(=O)NCc2ccccc2C)CC1. The highest BCUT2D eigenvalue weighted by atomic mass is 16.5. The maximum Gasteiger partial charge on any atom is 0.309 e. The molecule has 1 saturated heterocycles. The predicted octanol–water partition coefficient (Wildman–Crippen LogP) is 0.469. The summed E-state index contributed by atoms with van der Waals surface area (Å²) in [6.45, 7) is 7.06. The van der Waals surface area contributed by atoms with Gasteiger partial charge in [-0.15, -0.1) is 0 Å². The van der Waals surface area contributed by atoms with Crippen molar-refractivity contribution in [2.45, 2.75) is 33.2 Å². The van der Waals surface area contributed by atoms with E-state index in [-0.39, 0.29) is 17.8 Å². The van der Waals surface area contributed by atoms with Crippen molar-refractivity contribution >= 4 is 11.9 Å². The predicted molar refractivity (Wildman–Crippen MR) is 87.9 cm³/mol. The molecule has 23 heavy (non-hydrogen) atoms. The van der Waals surface area contributed by atoms with E-state index < -0.39 is 0 Å². The maximum atomic E-state index is 12.1. The van der Waals surface area contributed by atoms with E-state index in [4.69, 9.17) is 4.74 Å². The van der Waals surface area contributed by atoms with Gasteiger partial charge in [0.25, 0.3) is 5.91 Å². The molecule has 0 atom stereocenters. The number of hydrogen-bond acceptors (Lipinski definition) is 3. The number of benzene rings is 1. The Labute approximate surface area is 138 Å². The van der Waals surface area contributed by atoms with Crippen LogP contribution in [0.3, 0.4) is 0 Å². The summed E-state index contributed by atoms with van der Waals surface area (Å²) >= 11 is 0. The van der Waals surface area contributed by atoms with Gasteiger partial charge < -0.3 is 15.0 Å². The lowest BCUT2D eigenvalue weighted by Gasteiger charge is -2.27. The van der Waals surface area contributed by atoms with Crippen LogP contribution in [0.5, 0.6) is 0 Å². The van der Waals surface area contributed by atoms with Gasteiger partial charge in [-0.25, -0.2) is 0 Å². The Morgan fingerprint density at radius 2 is 1.96 bits per heavy atom. The summed E-state index contributed by atoms with van der Waals surface area (Å²) in [4.78, 5) is 25.0. The Kier molecular flexibility index (Phi) is 6.59. The van der Waals surface area contributed by atoms with Crippen molar-refractivity contribution in [1.82, 2.24) is 5.32 Å². The largest absolute Gasteiger partial charge is 0.466 e. The molecule has 1 aromatic carbocycles. The van der Waals surface area contributed by atoms with E-state index in [1.54, 1.807) is 0 Å². The van der Waals surface area contributed by atoms with Gasteiger partial charge in [0.1, 0.15) is 0 Å². The third kappa shape index (κ3) is 5.36. The minimum Gasteiger partial charge on any atom is -0.466 e. The zero-order valence-electron chi connectivity index (χ0n) is 14.1. The van der Waals surface area contributed by atoms with Crippen molar-refractivity contribution < 1.29 is 19.2 Å². The first kappa shape index (κ1) is 17.5. The van der Waals surface area contributed by atoms with Crippen molar-refractivity contribution in [3.8, 4) is 0 Å². The lowest BCUT2D eigenvalue weighted by Crippen LogP contribution is -3.14. The topological polar surface area (TPSA) is 59.8 Å². The van der Waals surface area contributed by atoms with Crippen molar-refractivity contribution in [1.29, 1.82) is 0 Å². The number of nitrogens with one attached hydrogen (secondary N) is 2. The van der Waals surface area contributed by atoms with Crippen molar-refractivity contribution in [3.05, 3.63) is 35.4 Å². The molecule has 0 unspecified atom stereocenters. The minimum absolute atomic E-state index is 0.00808. The third-order valence-corrected chi connectivity index (χ3v) is 4.46. The lowest BCUT2D eigenvalue weighted by atomic mass is 9.97. The average molecular weight is 319 g/mol. The lowest BCUT2D eigenvalue weighted by molar-refractivity contribution is -0.897. The zero-order valence-corrected chi connectivity index (χ0v) is 14.1. The van der Waals surface area contributed by atoms with Crippen molar-refractivity contribution in [3.63, 3.8) is 0 Å². The van der Waals surface area contributed by atoms with E-state index >= 15 is 0 Å². The van der Waals surface area contributed by atoms with Crippen molar-refractivity contribution in [2.75, 3.05) is 26.2 Å². The summed E-state index contributed by atoms with van der Waals surface area (Å²) in [5.74, 6) is -0.0119. The number of piperidine rings is 1. The van der Waals surface area contributed by atoms with Crippen molar-refractivity contribution in [2.24, 2.45) is 5.92 Å². The monoisotopic (exact) mass is 319 g/mol. The van der Waals surface area contributed by atoms with Crippen LogP contribution in [-0.4, -0.2) is 38.1 Å². The van der Waals surface area contributed by atoms with Crippen LogP contribution in [0, 0.1) is 12.8 Å². The number of aryl methyl sites for hydroxylation is 1. The molecule has 1 aromatic rings. The first-order chi connectivity index (χ1) is 11.1. The van der Waals surface area contributed by atoms with Gasteiger partial charge in [0.15, 0.2) is 6.54 Å². The molecule has 5 nitrogen and oxygen atoms in total. The molecule has 126 valence electrons. The number of amides is 1. The van der Waals surface area contributed by atoms with Gasteiger partial charge in [-0.1, -0.05) is 24.3 Å². The van der Waals surface area contributed by atoms with E-state index in [2.05, 4.69) is 5.32 Å². The number of likely N-dealkylation sites (tertiary alicyclic amines) is 1. The molecule has 1 heterocycles. The Morgan fingerprint density at radius 1 is 1.26 bits per heavy atom. The number of rotatable bonds is 6. The molecule has 2 N–H and O–H groups in total. The van der Waals surface area contributed by atoms with Crippen LogP contribution in [0.25, 0.3) is 0 Å². The quantitative estimate of drug-likeness (QED) is 0.750. The third-order valence-electron chi connectivity index (χ3n) is 4.46. The second-order valence-electron chi connectivity index (χ2n) is 6.16. The number of carbonyl (C=O) groups is 2. The number of ether oxygens (including phenoxy) is 1. The van der Waals surface area contributed by atoms with E-state index in [1.807, 2.05) is 38.1 Å². The van der Waals surface area contributed by atoms with Crippen LogP contribution in [0.15, 0.2) is 24.3 Å². The molecular weight excluding hydrogens is 292 g/mol. The Hall–Kier alpha value is -1.88. The van der Waals surface area contributed by atoms with Gasteiger partial charge in [-0.05, 0) is 25.0 Å². The van der Waals surface area contributed by atoms with Gasteiger partial charge in [0.2, 0.25) is 0 Å². The van der Waals surface area contributed by atoms with Gasteiger partial charge >= 0.3 is 5.97 Å². The molecule has 0 radical (unpaired) electrons. The van der Waals surface area contributed by atoms with Crippen LogP contribution in [0.1, 0.15) is 30.9 Å². The van der Waals surface area contributed by atoms with Crippen LogP contribution in [0.2, 0.25) is 0 Å². The summed E-state index contributed by atoms with van der Waals surface area (Å²) in [6.07, 6.45) is 1.61. The van der Waals surface area contributed by atoms with Crippen LogP contribution in [0.4, 0.5) is 0 Å². The summed E-state index contributed by atoms with van der Waals surface area (Å²) in [7, 11) is 0. The molecule has 0 spiro atoms. The van der Waals surface area contributed by atoms with Gasteiger partial charge in [0, 0.05) is 19.4 Å². The molecule has 1 aliphatic heterocycles. The molecule has 0 aliphatic carbocycles. The fourth-order valence-corrected chi connectivity index (χ4v) is 2.99. The molecule has 1 aliphatic rings. The fourth-order valence-electron chi connectivity index (χ4n) is 2.99. The second-order valence-corrected chi connectivity index (χ2v) is 6.16. The fraction of sp³-hybridized carbons (Fsp3) is 0.556. The molecule has 0 aromatic heterocycles. The standard InChI is InChI=1S/C18H26N2O3/c1-3-23-18(22)15-8-10-20(11-9-15)13-17(21)19-12-16-7-5-4-6-14(16)2/h4-7,15H,3,8-13H2,1-2H3,(H,19,21)/p+1. The van der Waals surface area contributed by atoms with E-state index in [0.717, 1.165) is 31.5 Å². The van der Waals surface area contributed by atoms with Gasteiger partial charge in [-0.2, -0.15) is 0 Å². The number of carbonyl (C=O) groups excluding carboxylic acids is 2. The number of esters is 1. The smallest absolute Gasteiger partial charge is 0.309 e. The summed E-state index contributed by atoms with van der Waals surface area (Å²) in [5.41, 5.74) is 2.34. The Balaban J connectivity index is 1.71. The molecule has 1 amide bonds. The molecule has 5 heteroatoms. The van der Waals surface area contributed by atoms with Gasteiger partial charge in [-0.3, -0.25) is 9.59 Å². The van der Waals surface area contributed by atoms with E-state index in [1.165, 1.54) is 10.5 Å². The zero-order chi connectivity index (χ0) is 16.7. The summed E-state index contributed by atoms with van der Waals surface area (Å²) in [6, 6.07) is 8.07. The first-order valence-corrected chi connectivity index (χ1v) is 8.41. The van der Waals surface area contributed by atoms with Crippen LogP contribution >= 0.6 is 0 Å². The van der Waals surface area contributed by atoms with Crippen LogP contribution < -0.4 is 10.2 Å². The molecule has 0 bridgehead atoms. The molecule has 1 fully saturated rings. The van der Waals surface area contributed by atoms with E-state index in [9.17, 15) is 9.59 Å². The molecule has 0 saturated carbocycles. The summed E-state index contributed by atoms with van der Waals surface area (Å²) < 4.78 is 5.07. The van der Waals surface area contributed by atoms with E-state index in [0.29, 0.717) is 19.7 Å². The van der Waals surface area contributed by atoms with Gasteiger partial charge in [0.05, 0.1) is 25.6 Å². The summed E-state index contributed by atoms with van der Waals surface area (Å²) in [5, 5.41) is 2.99. The maximum absolute atomic E-state index is 12.1. The molecule has 2 rings (SSSR count). The number of hydrogen-bond donors (Lipinski definition) is 2. The first-order valence-electron chi connectivity index (χ1n) is 8.41. The normalized spacial score (nSPS) is 20.8. The highest BCUT2D eigenvalue weighted by Gasteiger charge is 2.29. The van der Waals surface area contributed by atoms with Crippen LogP contribution in [-0.2, 0) is 20.9 Å². The highest BCUT2D eigenvalue weighted by molar-refractivity contribution is 5.77. The number of quaternary nitrogens is 1. The highest BCUT2D eigenvalue weighted by Crippen LogP contribution is 2.11. The average Bonchev–Trinajstić information content (AvgIpc) is 2.55. The molecular formula is C18H27N2O3+. The minimum atomic E-state index is -0.0874.